The Hall–Kier alpha value is -1.71. The smallest absolute Gasteiger partial charge is 0.182 e. The Bertz CT molecular complexity index is 402. The molecule has 0 bridgehead atoms. The molecular weight excluding hydrogens is 206 g/mol. The van der Waals surface area contributed by atoms with E-state index >= 15 is 0 Å². The molecule has 0 aromatic carbocycles. The van der Waals surface area contributed by atoms with E-state index in [1.807, 2.05) is 6.07 Å². The Morgan fingerprint density at radius 3 is 3.06 bits per heavy atom. The SMILES string of the molecule is CO[C@H]1CNCC1Nc1nccnc1C#N. The molecule has 1 aliphatic heterocycles. The largest absolute Gasteiger partial charge is 0.378 e. The summed E-state index contributed by atoms with van der Waals surface area (Å²) in [5.41, 5.74) is 0.309. The molecule has 0 spiro atoms. The fourth-order valence-electron chi connectivity index (χ4n) is 1.75. The van der Waals surface area contributed by atoms with Gasteiger partial charge in [0.1, 0.15) is 6.07 Å². The fraction of sp³-hybridized carbons (Fsp3) is 0.500. The minimum absolute atomic E-state index is 0.0912. The van der Waals surface area contributed by atoms with Gasteiger partial charge in [-0.25, -0.2) is 9.97 Å². The monoisotopic (exact) mass is 219 g/mol. The molecular formula is C10H13N5O. The molecule has 6 nitrogen and oxygen atoms in total. The van der Waals surface area contributed by atoms with E-state index in [0.29, 0.717) is 11.5 Å². The average molecular weight is 219 g/mol. The van der Waals surface area contributed by atoms with Gasteiger partial charge in [-0.05, 0) is 0 Å². The van der Waals surface area contributed by atoms with Crippen LogP contribution in [0.4, 0.5) is 5.82 Å². The van der Waals surface area contributed by atoms with E-state index < -0.39 is 0 Å². The number of aromatic nitrogens is 2. The summed E-state index contributed by atoms with van der Waals surface area (Å²) in [5.74, 6) is 0.515. The average Bonchev–Trinajstić information content (AvgIpc) is 2.77. The minimum atomic E-state index is 0.0912. The van der Waals surface area contributed by atoms with Crippen LogP contribution in [0.3, 0.4) is 0 Å². The Balaban J connectivity index is 2.12. The molecule has 0 amide bonds. The van der Waals surface area contributed by atoms with Crippen molar-refractivity contribution in [2.75, 3.05) is 25.5 Å². The van der Waals surface area contributed by atoms with Gasteiger partial charge >= 0.3 is 0 Å². The number of rotatable bonds is 3. The summed E-state index contributed by atoms with van der Waals surface area (Å²) in [6, 6.07) is 2.12. The van der Waals surface area contributed by atoms with Gasteiger partial charge in [-0.1, -0.05) is 0 Å². The highest BCUT2D eigenvalue weighted by molar-refractivity contribution is 5.47. The molecule has 1 aromatic heterocycles. The Labute approximate surface area is 93.7 Å². The lowest BCUT2D eigenvalue weighted by atomic mass is 10.2. The number of hydrogen-bond acceptors (Lipinski definition) is 6. The lowest BCUT2D eigenvalue weighted by Crippen LogP contribution is -2.34. The standard InChI is InChI=1S/C10H13N5O/c1-16-9-6-12-5-8(9)15-10-7(4-11)13-2-3-14-10/h2-3,8-9,12H,5-6H2,1H3,(H,14,15)/t8?,9-/m0/s1. The second-order valence-electron chi connectivity index (χ2n) is 3.55. The van der Waals surface area contributed by atoms with Crippen molar-refractivity contribution < 1.29 is 4.74 Å². The normalized spacial score (nSPS) is 24.0. The van der Waals surface area contributed by atoms with Crippen molar-refractivity contribution in [3.63, 3.8) is 0 Å². The Morgan fingerprint density at radius 1 is 1.50 bits per heavy atom. The first-order valence-electron chi connectivity index (χ1n) is 5.06. The van der Waals surface area contributed by atoms with Crippen molar-refractivity contribution in [3.05, 3.63) is 18.1 Å². The zero-order valence-corrected chi connectivity index (χ0v) is 8.97. The van der Waals surface area contributed by atoms with Crippen LogP contribution in [0.1, 0.15) is 5.69 Å². The van der Waals surface area contributed by atoms with Gasteiger partial charge in [0.05, 0.1) is 12.1 Å². The van der Waals surface area contributed by atoms with Crippen LogP contribution in [-0.4, -0.2) is 42.3 Å². The van der Waals surface area contributed by atoms with E-state index in [1.165, 1.54) is 6.20 Å². The molecule has 2 rings (SSSR count). The number of anilines is 1. The van der Waals surface area contributed by atoms with Gasteiger partial charge in [-0.2, -0.15) is 5.26 Å². The van der Waals surface area contributed by atoms with E-state index in [9.17, 15) is 0 Å². The van der Waals surface area contributed by atoms with Crippen LogP contribution in [0.5, 0.6) is 0 Å². The third-order valence-electron chi connectivity index (χ3n) is 2.59. The fourth-order valence-corrected chi connectivity index (χ4v) is 1.75. The summed E-state index contributed by atoms with van der Waals surface area (Å²) in [7, 11) is 1.67. The second kappa shape index (κ2) is 4.88. The van der Waals surface area contributed by atoms with Gasteiger partial charge in [0, 0.05) is 32.6 Å². The van der Waals surface area contributed by atoms with Gasteiger partial charge in [0.15, 0.2) is 11.5 Å². The van der Waals surface area contributed by atoms with Crippen molar-refractivity contribution in [2.24, 2.45) is 0 Å². The predicted octanol–water partition coefficient (Wildman–Crippen LogP) is -0.253. The first-order valence-corrected chi connectivity index (χ1v) is 5.06. The topological polar surface area (TPSA) is 82.9 Å². The van der Waals surface area contributed by atoms with Crippen molar-refractivity contribution in [1.29, 1.82) is 5.26 Å². The molecule has 2 heterocycles. The number of nitriles is 1. The summed E-state index contributed by atoms with van der Waals surface area (Å²) >= 11 is 0. The molecule has 1 fully saturated rings. The lowest BCUT2D eigenvalue weighted by Gasteiger charge is -2.19. The predicted molar refractivity (Wildman–Crippen MR) is 57.8 cm³/mol. The summed E-state index contributed by atoms with van der Waals surface area (Å²) in [6.07, 6.45) is 3.16. The van der Waals surface area contributed by atoms with E-state index in [-0.39, 0.29) is 12.1 Å². The highest BCUT2D eigenvalue weighted by atomic mass is 16.5. The van der Waals surface area contributed by atoms with Gasteiger partial charge in [0.25, 0.3) is 0 Å². The third-order valence-corrected chi connectivity index (χ3v) is 2.59. The number of nitrogens with zero attached hydrogens (tertiary/aromatic N) is 3. The molecule has 16 heavy (non-hydrogen) atoms. The Morgan fingerprint density at radius 2 is 2.31 bits per heavy atom. The first kappa shape index (κ1) is 10.8. The molecule has 1 saturated heterocycles. The molecule has 1 aliphatic rings. The van der Waals surface area contributed by atoms with Gasteiger partial charge in [0.2, 0.25) is 0 Å². The van der Waals surface area contributed by atoms with Crippen molar-refractivity contribution in [3.8, 4) is 6.07 Å². The summed E-state index contributed by atoms with van der Waals surface area (Å²) < 4.78 is 5.31. The maximum absolute atomic E-state index is 8.88. The number of hydrogen-bond donors (Lipinski definition) is 2. The molecule has 84 valence electrons. The zero-order valence-electron chi connectivity index (χ0n) is 8.97. The maximum atomic E-state index is 8.88. The van der Waals surface area contributed by atoms with Crippen molar-refractivity contribution in [1.82, 2.24) is 15.3 Å². The van der Waals surface area contributed by atoms with Crippen LogP contribution < -0.4 is 10.6 Å². The summed E-state index contributed by atoms with van der Waals surface area (Å²) in [4.78, 5) is 8.05. The van der Waals surface area contributed by atoms with Crippen LogP contribution in [0, 0.1) is 11.3 Å². The first-order chi connectivity index (χ1) is 7.85. The van der Waals surface area contributed by atoms with Crippen molar-refractivity contribution in [2.45, 2.75) is 12.1 Å². The zero-order chi connectivity index (χ0) is 11.4. The molecule has 0 saturated carbocycles. The number of ether oxygens (including phenoxy) is 1. The third kappa shape index (κ3) is 2.10. The Kier molecular flexibility index (Phi) is 3.29. The highest BCUT2D eigenvalue weighted by Gasteiger charge is 2.27. The highest BCUT2D eigenvalue weighted by Crippen LogP contribution is 2.13. The molecule has 1 aromatic rings. The van der Waals surface area contributed by atoms with Crippen molar-refractivity contribution >= 4 is 5.82 Å². The lowest BCUT2D eigenvalue weighted by molar-refractivity contribution is 0.111. The number of nitrogens with one attached hydrogen (secondary N) is 2. The van der Waals surface area contributed by atoms with E-state index in [1.54, 1.807) is 13.3 Å². The van der Waals surface area contributed by atoms with Crippen LogP contribution in [0.2, 0.25) is 0 Å². The van der Waals surface area contributed by atoms with Gasteiger partial charge < -0.3 is 15.4 Å². The van der Waals surface area contributed by atoms with Gasteiger partial charge in [-0.3, -0.25) is 0 Å². The van der Waals surface area contributed by atoms with Crippen LogP contribution in [0.25, 0.3) is 0 Å². The minimum Gasteiger partial charge on any atom is -0.378 e. The molecule has 2 N–H and O–H groups in total. The van der Waals surface area contributed by atoms with E-state index in [2.05, 4.69) is 20.6 Å². The molecule has 1 unspecified atom stereocenters. The molecule has 6 heteroatoms. The second-order valence-corrected chi connectivity index (χ2v) is 3.55. The van der Waals surface area contributed by atoms with Gasteiger partial charge in [-0.15, -0.1) is 0 Å². The maximum Gasteiger partial charge on any atom is 0.182 e. The van der Waals surface area contributed by atoms with Crippen LogP contribution >= 0.6 is 0 Å². The number of methoxy groups -OCH3 is 1. The van der Waals surface area contributed by atoms with Crippen LogP contribution in [-0.2, 0) is 4.74 Å². The molecule has 0 radical (unpaired) electrons. The van der Waals surface area contributed by atoms with E-state index in [0.717, 1.165) is 13.1 Å². The molecule has 2 atom stereocenters. The van der Waals surface area contributed by atoms with E-state index in [4.69, 9.17) is 10.00 Å². The molecule has 0 aliphatic carbocycles. The summed E-state index contributed by atoms with van der Waals surface area (Å²) in [5, 5.41) is 15.3. The summed E-state index contributed by atoms with van der Waals surface area (Å²) in [6.45, 7) is 1.59. The quantitative estimate of drug-likeness (QED) is 0.729. The van der Waals surface area contributed by atoms with Crippen LogP contribution in [0.15, 0.2) is 12.4 Å².